The van der Waals surface area contributed by atoms with Crippen molar-refractivity contribution in [3.63, 3.8) is 0 Å². The van der Waals surface area contributed by atoms with E-state index < -0.39 is 28.0 Å². The summed E-state index contributed by atoms with van der Waals surface area (Å²) in [5.41, 5.74) is 2.16. The highest BCUT2D eigenvalue weighted by Gasteiger charge is 2.25. The maximum atomic E-state index is 13.3. The van der Waals surface area contributed by atoms with Gasteiger partial charge in [-0.3, -0.25) is 14.3 Å². The lowest BCUT2D eigenvalue weighted by Crippen LogP contribution is -2.30. The number of hydrogen-bond donors (Lipinski definition) is 3. The van der Waals surface area contributed by atoms with Crippen LogP contribution in [0, 0.1) is 6.92 Å². The topological polar surface area (TPSA) is 131 Å². The highest BCUT2D eigenvalue weighted by Crippen LogP contribution is 2.29. The van der Waals surface area contributed by atoms with Crippen LogP contribution in [-0.4, -0.2) is 32.3 Å². The number of para-hydroxylation sites is 1. The number of carbonyl (C=O) groups excluding carboxylic acids is 3. The Bertz CT molecular complexity index is 1490. The Balaban J connectivity index is 1.75. The molecule has 0 saturated carbocycles. The summed E-state index contributed by atoms with van der Waals surface area (Å²) in [5, 5.41) is 5.26. The zero-order chi connectivity index (χ0) is 29.0. The van der Waals surface area contributed by atoms with Gasteiger partial charge in [-0.1, -0.05) is 45.0 Å². The SMILES string of the molecule is CC(=O)Nc1ccc(NC(=O)[C@@H](C)OC(=O)c2ccccc2NS(=O)(=O)c2cc(C(C)(C)C)ccc2C)cc1. The summed E-state index contributed by atoms with van der Waals surface area (Å²) in [7, 11) is -4.04. The fraction of sp³-hybridized carbons (Fsp3) is 0.276. The van der Waals surface area contributed by atoms with Crippen LogP contribution >= 0.6 is 0 Å². The van der Waals surface area contributed by atoms with Crippen molar-refractivity contribution in [1.29, 1.82) is 0 Å². The van der Waals surface area contributed by atoms with E-state index >= 15 is 0 Å². The van der Waals surface area contributed by atoms with E-state index in [2.05, 4.69) is 15.4 Å². The summed E-state index contributed by atoms with van der Waals surface area (Å²) in [5.74, 6) is -1.66. The summed E-state index contributed by atoms with van der Waals surface area (Å²) in [4.78, 5) is 36.9. The van der Waals surface area contributed by atoms with Crippen LogP contribution in [0.1, 0.15) is 56.1 Å². The molecule has 0 spiro atoms. The molecule has 0 aromatic heterocycles. The molecule has 206 valence electrons. The molecule has 39 heavy (non-hydrogen) atoms. The van der Waals surface area contributed by atoms with Crippen molar-refractivity contribution < 1.29 is 27.5 Å². The van der Waals surface area contributed by atoms with Gasteiger partial charge in [0.1, 0.15) is 0 Å². The van der Waals surface area contributed by atoms with Crippen molar-refractivity contribution in [2.75, 3.05) is 15.4 Å². The minimum Gasteiger partial charge on any atom is -0.449 e. The van der Waals surface area contributed by atoms with Crippen molar-refractivity contribution >= 4 is 44.9 Å². The average Bonchev–Trinajstić information content (AvgIpc) is 2.84. The first-order chi connectivity index (χ1) is 18.2. The van der Waals surface area contributed by atoms with E-state index in [4.69, 9.17) is 4.74 Å². The summed E-state index contributed by atoms with van der Waals surface area (Å²) in [6.45, 7) is 10.5. The van der Waals surface area contributed by atoms with E-state index in [1.165, 1.54) is 26.0 Å². The van der Waals surface area contributed by atoms with E-state index in [-0.39, 0.29) is 27.5 Å². The van der Waals surface area contributed by atoms with Crippen LogP contribution in [0.4, 0.5) is 17.1 Å². The van der Waals surface area contributed by atoms with Crippen LogP contribution in [-0.2, 0) is 29.8 Å². The molecule has 3 rings (SSSR count). The third-order valence-electron chi connectivity index (χ3n) is 5.86. The third kappa shape index (κ3) is 7.67. The first kappa shape index (κ1) is 29.4. The molecule has 9 nitrogen and oxygen atoms in total. The monoisotopic (exact) mass is 551 g/mol. The molecular weight excluding hydrogens is 518 g/mol. The number of hydrogen-bond acceptors (Lipinski definition) is 6. The van der Waals surface area contributed by atoms with E-state index in [0.29, 0.717) is 16.9 Å². The van der Waals surface area contributed by atoms with Crippen LogP contribution in [0.2, 0.25) is 0 Å². The van der Waals surface area contributed by atoms with E-state index in [1.807, 2.05) is 26.8 Å². The number of amides is 2. The van der Waals surface area contributed by atoms with Crippen molar-refractivity contribution in [2.24, 2.45) is 0 Å². The zero-order valence-corrected chi connectivity index (χ0v) is 23.6. The first-order valence-corrected chi connectivity index (χ1v) is 13.8. The number of benzene rings is 3. The van der Waals surface area contributed by atoms with Crippen LogP contribution in [0.25, 0.3) is 0 Å². The van der Waals surface area contributed by atoms with Gasteiger partial charge in [0, 0.05) is 18.3 Å². The number of anilines is 3. The number of aryl methyl sites for hydroxylation is 1. The molecule has 0 aliphatic carbocycles. The zero-order valence-electron chi connectivity index (χ0n) is 22.8. The molecule has 0 saturated heterocycles. The summed E-state index contributed by atoms with van der Waals surface area (Å²) < 4.78 is 34.5. The molecule has 10 heteroatoms. The highest BCUT2D eigenvalue weighted by atomic mass is 32.2. The number of carbonyl (C=O) groups is 3. The molecule has 2 amide bonds. The minimum absolute atomic E-state index is 0.0317. The van der Waals surface area contributed by atoms with Crippen molar-refractivity contribution in [3.8, 4) is 0 Å². The Labute approximate surface area is 229 Å². The molecule has 1 atom stereocenters. The van der Waals surface area contributed by atoms with E-state index in [0.717, 1.165) is 5.56 Å². The van der Waals surface area contributed by atoms with Gasteiger partial charge >= 0.3 is 5.97 Å². The molecule has 0 fully saturated rings. The standard InChI is InChI=1S/C29H33N3O6S/c1-18-11-12-21(29(4,5)6)17-26(18)39(36,37)32-25-10-8-7-9-24(25)28(35)38-19(2)27(34)31-23-15-13-22(14-16-23)30-20(3)33/h7-17,19,32H,1-6H3,(H,30,33)(H,31,34)/t19-/m1/s1. The highest BCUT2D eigenvalue weighted by molar-refractivity contribution is 7.92. The average molecular weight is 552 g/mol. The Hall–Kier alpha value is -4.18. The summed E-state index contributed by atoms with van der Waals surface area (Å²) in [6.07, 6.45) is -1.18. The molecule has 0 unspecified atom stereocenters. The van der Waals surface area contributed by atoms with Gasteiger partial charge in [0.2, 0.25) is 5.91 Å². The molecule has 0 bridgehead atoms. The smallest absolute Gasteiger partial charge is 0.341 e. The molecule has 3 aromatic rings. The normalized spacial score (nSPS) is 12.3. The number of ether oxygens (including phenoxy) is 1. The maximum absolute atomic E-state index is 13.3. The van der Waals surface area contributed by atoms with Crippen molar-refractivity contribution in [3.05, 3.63) is 83.4 Å². The lowest BCUT2D eigenvalue weighted by molar-refractivity contribution is -0.123. The van der Waals surface area contributed by atoms with Gasteiger partial charge in [0.05, 0.1) is 16.1 Å². The predicted molar refractivity (Wildman–Crippen MR) is 151 cm³/mol. The number of esters is 1. The second kappa shape index (κ2) is 11.7. The summed E-state index contributed by atoms with van der Waals surface area (Å²) in [6, 6.07) is 17.7. The van der Waals surface area contributed by atoms with Gasteiger partial charge in [-0.15, -0.1) is 0 Å². The van der Waals surface area contributed by atoms with Crippen molar-refractivity contribution in [2.45, 2.75) is 58.0 Å². The molecular formula is C29H33N3O6S. The molecule has 3 N–H and O–H groups in total. The van der Waals surface area contributed by atoms with Crippen LogP contribution in [0.15, 0.2) is 71.6 Å². The van der Waals surface area contributed by atoms with Crippen LogP contribution < -0.4 is 15.4 Å². The lowest BCUT2D eigenvalue weighted by Gasteiger charge is -2.21. The second-order valence-corrected chi connectivity index (χ2v) is 11.8. The minimum atomic E-state index is -4.04. The Morgan fingerprint density at radius 1 is 0.872 bits per heavy atom. The van der Waals surface area contributed by atoms with Gasteiger partial charge in [0.25, 0.3) is 15.9 Å². The van der Waals surface area contributed by atoms with Gasteiger partial charge in [-0.25, -0.2) is 13.2 Å². The number of sulfonamides is 1. The van der Waals surface area contributed by atoms with Gasteiger partial charge in [-0.2, -0.15) is 0 Å². The molecule has 3 aromatic carbocycles. The number of nitrogens with one attached hydrogen (secondary N) is 3. The lowest BCUT2D eigenvalue weighted by atomic mass is 9.87. The summed E-state index contributed by atoms with van der Waals surface area (Å²) >= 11 is 0. The predicted octanol–water partition coefficient (Wildman–Crippen LogP) is 5.24. The van der Waals surface area contributed by atoms with Gasteiger partial charge in [0.15, 0.2) is 6.10 Å². The Morgan fingerprint density at radius 2 is 1.46 bits per heavy atom. The molecule has 0 aliphatic rings. The van der Waals surface area contributed by atoms with Crippen molar-refractivity contribution in [1.82, 2.24) is 0 Å². The fourth-order valence-electron chi connectivity index (χ4n) is 3.67. The Morgan fingerprint density at radius 3 is 2.05 bits per heavy atom. The first-order valence-electron chi connectivity index (χ1n) is 12.3. The largest absolute Gasteiger partial charge is 0.449 e. The second-order valence-electron chi connectivity index (χ2n) is 10.2. The maximum Gasteiger partial charge on any atom is 0.341 e. The van der Waals surface area contributed by atoms with Gasteiger partial charge in [-0.05, 0) is 72.9 Å². The van der Waals surface area contributed by atoms with Crippen LogP contribution in [0.3, 0.4) is 0 Å². The Kier molecular flexibility index (Phi) is 8.81. The van der Waals surface area contributed by atoms with Gasteiger partial charge < -0.3 is 15.4 Å². The third-order valence-corrected chi connectivity index (χ3v) is 7.37. The molecule has 0 heterocycles. The quantitative estimate of drug-likeness (QED) is 0.329. The van der Waals surface area contributed by atoms with E-state index in [1.54, 1.807) is 55.5 Å². The van der Waals surface area contributed by atoms with E-state index in [9.17, 15) is 22.8 Å². The fourth-order valence-corrected chi connectivity index (χ4v) is 5.02. The number of rotatable bonds is 8. The molecule has 0 radical (unpaired) electrons. The molecule has 0 aliphatic heterocycles. The van der Waals surface area contributed by atoms with Crippen LogP contribution in [0.5, 0.6) is 0 Å².